The molecule has 1 aliphatic rings. The normalized spacial score (nSPS) is 16.7. The minimum absolute atomic E-state index is 0.301. The highest BCUT2D eigenvalue weighted by molar-refractivity contribution is 7.91. The number of anilines is 1. The predicted octanol–water partition coefficient (Wildman–Crippen LogP) is 3.87. The Morgan fingerprint density at radius 2 is 1.74 bits per heavy atom. The van der Waals surface area contributed by atoms with Crippen LogP contribution >= 0.6 is 34.5 Å². The zero-order valence-corrected chi connectivity index (χ0v) is 15.6. The molecule has 2 aromatic rings. The van der Waals surface area contributed by atoms with Gasteiger partial charge in [0.05, 0.1) is 4.34 Å². The summed E-state index contributed by atoms with van der Waals surface area (Å²) in [6.07, 6.45) is 0. The molecule has 4 nitrogen and oxygen atoms in total. The molecule has 0 aliphatic carbocycles. The fourth-order valence-electron chi connectivity index (χ4n) is 2.67. The molecule has 23 heavy (non-hydrogen) atoms. The molecular weight excluding hydrogens is 375 g/mol. The van der Waals surface area contributed by atoms with Crippen LogP contribution in [0.2, 0.25) is 9.36 Å². The minimum atomic E-state index is -3.45. The van der Waals surface area contributed by atoms with Crippen molar-refractivity contribution in [1.82, 2.24) is 4.31 Å². The Morgan fingerprint density at radius 3 is 2.35 bits per heavy atom. The van der Waals surface area contributed by atoms with Crippen molar-refractivity contribution < 1.29 is 8.42 Å². The molecule has 1 aromatic heterocycles. The molecule has 1 saturated heterocycles. The van der Waals surface area contributed by atoms with Gasteiger partial charge < -0.3 is 4.90 Å². The zero-order chi connectivity index (χ0) is 16.6. The van der Waals surface area contributed by atoms with Gasteiger partial charge in [-0.2, -0.15) is 4.31 Å². The number of halogens is 2. The Bertz CT molecular complexity index is 813. The summed E-state index contributed by atoms with van der Waals surface area (Å²) in [5.41, 5.74) is 2.09. The Hall–Kier alpha value is -0.790. The van der Waals surface area contributed by atoms with Crippen molar-refractivity contribution in [3.8, 4) is 0 Å². The molecule has 1 aromatic carbocycles. The second-order valence-electron chi connectivity index (χ2n) is 5.33. The van der Waals surface area contributed by atoms with Crippen molar-refractivity contribution in [1.29, 1.82) is 0 Å². The molecule has 1 aliphatic heterocycles. The number of nitrogens with zero attached hydrogens (tertiary/aromatic N) is 2. The Labute approximate surface area is 150 Å². The maximum Gasteiger partial charge on any atom is 0.252 e. The van der Waals surface area contributed by atoms with Crippen LogP contribution in [0.1, 0.15) is 5.56 Å². The molecule has 0 amide bonds. The summed E-state index contributed by atoms with van der Waals surface area (Å²) in [4.78, 5) is 2.18. The highest BCUT2D eigenvalue weighted by atomic mass is 35.5. The largest absolute Gasteiger partial charge is 0.369 e. The Morgan fingerprint density at radius 1 is 1.04 bits per heavy atom. The molecule has 2 heterocycles. The van der Waals surface area contributed by atoms with E-state index >= 15 is 0 Å². The summed E-state index contributed by atoms with van der Waals surface area (Å²) >= 11 is 13.1. The topological polar surface area (TPSA) is 40.6 Å². The van der Waals surface area contributed by atoms with E-state index in [2.05, 4.69) is 4.90 Å². The van der Waals surface area contributed by atoms with Crippen molar-refractivity contribution in [3.63, 3.8) is 0 Å². The van der Waals surface area contributed by atoms with Gasteiger partial charge in [0, 0.05) is 36.9 Å². The average molecular weight is 391 g/mol. The quantitative estimate of drug-likeness (QED) is 0.798. The van der Waals surface area contributed by atoms with E-state index in [1.165, 1.54) is 4.31 Å². The van der Waals surface area contributed by atoms with Crippen LogP contribution in [0.5, 0.6) is 0 Å². The first-order valence-corrected chi connectivity index (χ1v) is 10.2. The van der Waals surface area contributed by atoms with E-state index in [4.69, 9.17) is 23.2 Å². The summed E-state index contributed by atoms with van der Waals surface area (Å²) in [5.74, 6) is 0. The van der Waals surface area contributed by atoms with Gasteiger partial charge in [-0.15, -0.1) is 11.3 Å². The maximum absolute atomic E-state index is 12.6. The third-order valence-electron chi connectivity index (χ3n) is 3.96. The molecule has 8 heteroatoms. The highest BCUT2D eigenvalue weighted by Crippen LogP contribution is 2.30. The van der Waals surface area contributed by atoms with Crippen molar-refractivity contribution in [2.75, 3.05) is 31.1 Å². The lowest BCUT2D eigenvalue weighted by Crippen LogP contribution is -2.48. The van der Waals surface area contributed by atoms with Gasteiger partial charge in [-0.3, -0.25) is 0 Å². The molecule has 0 spiro atoms. The number of hydrogen-bond donors (Lipinski definition) is 0. The lowest BCUT2D eigenvalue weighted by atomic mass is 10.1. The van der Waals surface area contributed by atoms with Crippen molar-refractivity contribution in [3.05, 3.63) is 45.3 Å². The van der Waals surface area contributed by atoms with Crippen LogP contribution in [-0.2, 0) is 10.0 Å². The first kappa shape index (κ1) is 17.0. The van der Waals surface area contributed by atoms with Crippen LogP contribution in [0.15, 0.2) is 34.5 Å². The fraction of sp³-hybridized carbons (Fsp3) is 0.333. The van der Waals surface area contributed by atoms with Crippen LogP contribution in [-0.4, -0.2) is 38.9 Å². The van der Waals surface area contributed by atoms with Crippen LogP contribution < -0.4 is 4.90 Å². The summed E-state index contributed by atoms with van der Waals surface area (Å²) in [6, 6.07) is 8.98. The molecule has 124 valence electrons. The van der Waals surface area contributed by atoms with E-state index in [9.17, 15) is 8.42 Å². The molecule has 0 bridgehead atoms. The van der Waals surface area contributed by atoms with E-state index < -0.39 is 10.0 Å². The van der Waals surface area contributed by atoms with E-state index in [0.29, 0.717) is 34.7 Å². The number of benzene rings is 1. The van der Waals surface area contributed by atoms with Gasteiger partial charge >= 0.3 is 0 Å². The van der Waals surface area contributed by atoms with E-state index in [-0.39, 0.29) is 0 Å². The fourth-order valence-corrected chi connectivity index (χ4v) is 5.90. The number of thiophene rings is 1. The van der Waals surface area contributed by atoms with Gasteiger partial charge in [0.25, 0.3) is 10.0 Å². The van der Waals surface area contributed by atoms with Gasteiger partial charge in [-0.1, -0.05) is 29.3 Å². The third-order valence-corrected chi connectivity index (χ3v) is 7.97. The third kappa shape index (κ3) is 3.37. The maximum atomic E-state index is 12.6. The van der Waals surface area contributed by atoms with Crippen LogP contribution in [0, 0.1) is 6.92 Å². The SMILES string of the molecule is Cc1c(Cl)cccc1N1CCN(S(=O)(=O)c2ccc(Cl)s2)CC1. The van der Waals surface area contributed by atoms with E-state index in [1.807, 2.05) is 25.1 Å². The molecule has 0 saturated carbocycles. The van der Waals surface area contributed by atoms with E-state index in [0.717, 1.165) is 27.6 Å². The lowest BCUT2D eigenvalue weighted by Gasteiger charge is -2.36. The first-order valence-electron chi connectivity index (χ1n) is 7.15. The predicted molar refractivity (Wildman–Crippen MR) is 96.5 cm³/mol. The van der Waals surface area contributed by atoms with Gasteiger partial charge in [0.15, 0.2) is 0 Å². The van der Waals surface area contributed by atoms with Gasteiger partial charge in [0.1, 0.15) is 4.21 Å². The van der Waals surface area contributed by atoms with Gasteiger partial charge in [-0.05, 0) is 36.8 Å². The van der Waals surface area contributed by atoms with Gasteiger partial charge in [-0.25, -0.2) is 8.42 Å². The Kier molecular flexibility index (Phi) is 4.90. The molecule has 0 atom stereocenters. The lowest BCUT2D eigenvalue weighted by molar-refractivity contribution is 0.385. The summed E-state index contributed by atoms with van der Waals surface area (Å²) in [6.45, 7) is 4.15. The standard InChI is InChI=1S/C15H16Cl2N2O2S2/c1-11-12(16)3-2-4-13(11)18-7-9-19(10-8-18)23(20,21)15-6-5-14(17)22-15/h2-6H,7-10H2,1H3. The van der Waals surface area contributed by atoms with Gasteiger partial charge in [0.2, 0.25) is 0 Å². The molecule has 3 rings (SSSR count). The number of piperazine rings is 1. The molecule has 0 radical (unpaired) electrons. The minimum Gasteiger partial charge on any atom is -0.369 e. The van der Waals surface area contributed by atoms with Crippen LogP contribution in [0.25, 0.3) is 0 Å². The van der Waals surface area contributed by atoms with Crippen molar-refractivity contribution >= 4 is 50.2 Å². The number of sulfonamides is 1. The van der Waals surface area contributed by atoms with Crippen molar-refractivity contribution in [2.24, 2.45) is 0 Å². The van der Waals surface area contributed by atoms with Crippen molar-refractivity contribution in [2.45, 2.75) is 11.1 Å². The Balaban J connectivity index is 1.75. The average Bonchev–Trinajstić information content (AvgIpc) is 2.98. The molecule has 0 N–H and O–H groups in total. The second kappa shape index (κ2) is 6.61. The first-order chi connectivity index (χ1) is 10.9. The smallest absolute Gasteiger partial charge is 0.252 e. The monoisotopic (exact) mass is 390 g/mol. The highest BCUT2D eigenvalue weighted by Gasteiger charge is 2.30. The summed E-state index contributed by atoms with van der Waals surface area (Å²) in [5, 5.41) is 0.728. The van der Waals surface area contributed by atoms with Crippen LogP contribution in [0.4, 0.5) is 5.69 Å². The molecule has 0 unspecified atom stereocenters. The van der Waals surface area contributed by atoms with E-state index in [1.54, 1.807) is 12.1 Å². The second-order valence-corrected chi connectivity index (χ2v) is 9.62. The number of hydrogen-bond acceptors (Lipinski definition) is 4. The number of rotatable bonds is 3. The summed E-state index contributed by atoms with van der Waals surface area (Å²) in [7, 11) is -3.45. The zero-order valence-electron chi connectivity index (χ0n) is 12.5. The molecule has 1 fully saturated rings. The summed E-state index contributed by atoms with van der Waals surface area (Å²) < 4.78 is 27.5. The van der Waals surface area contributed by atoms with Crippen LogP contribution in [0.3, 0.4) is 0 Å². The molecular formula is C15H16Cl2N2O2S2.